The van der Waals surface area contributed by atoms with Crippen molar-refractivity contribution in [3.05, 3.63) is 22.4 Å². The molecule has 1 heterocycles. The molecule has 15 heavy (non-hydrogen) atoms. The summed E-state index contributed by atoms with van der Waals surface area (Å²) in [6, 6.07) is -0.0871. The Balaban J connectivity index is 2.66. The normalized spacial score (nSPS) is 12.8. The van der Waals surface area contributed by atoms with Crippen molar-refractivity contribution in [1.82, 2.24) is 15.3 Å². The Kier molecular flexibility index (Phi) is 3.68. The van der Waals surface area contributed by atoms with E-state index in [0.717, 1.165) is 0 Å². The molecule has 1 aromatic heterocycles. The summed E-state index contributed by atoms with van der Waals surface area (Å²) in [5.41, 5.74) is 5.34. The van der Waals surface area contributed by atoms with Gasteiger partial charge in [-0.15, -0.1) is 0 Å². The van der Waals surface area contributed by atoms with Gasteiger partial charge in [0.2, 0.25) is 0 Å². The molecule has 1 amide bonds. The highest BCUT2D eigenvalue weighted by Gasteiger charge is 2.16. The van der Waals surface area contributed by atoms with E-state index in [1.807, 2.05) is 13.8 Å². The first kappa shape index (κ1) is 11.5. The number of imidazole rings is 1. The summed E-state index contributed by atoms with van der Waals surface area (Å²) in [6.45, 7) is 4.31. The predicted molar refractivity (Wildman–Crippen MR) is 56.6 cm³/mol. The van der Waals surface area contributed by atoms with Gasteiger partial charge in [0.15, 0.2) is 0 Å². The van der Waals surface area contributed by atoms with Crippen LogP contribution in [0.2, 0.25) is 0 Å². The van der Waals surface area contributed by atoms with Crippen LogP contribution in [0.25, 0.3) is 0 Å². The van der Waals surface area contributed by atoms with Crippen LogP contribution in [0.4, 0.5) is 0 Å². The Morgan fingerprint density at radius 2 is 2.27 bits per heavy atom. The van der Waals surface area contributed by atoms with Crippen LogP contribution in [0.1, 0.15) is 24.3 Å². The van der Waals surface area contributed by atoms with Gasteiger partial charge in [-0.2, -0.15) is 0 Å². The number of carbonyl (C=O) groups excluding carboxylic acids is 1. The molecule has 0 aliphatic rings. The second kappa shape index (κ2) is 4.79. The van der Waals surface area contributed by atoms with Gasteiger partial charge in [-0.3, -0.25) is 4.79 Å². The van der Waals surface area contributed by atoms with Crippen LogP contribution in [0, 0.1) is 5.92 Å². The largest absolute Gasteiger partial charge is 0.346 e. The Hall–Kier alpha value is -1.56. The molecule has 0 aliphatic carbocycles. The standard InChI is InChI=1S/C9H16N4O2/c1-5(2)6(3-10)12-8(14)7-4-11-9(15)13-7/h4-6H,3,10H2,1-2H3,(H,12,14)(H2,11,13,15). The summed E-state index contributed by atoms with van der Waals surface area (Å²) in [5, 5.41) is 2.74. The number of rotatable bonds is 4. The minimum absolute atomic E-state index is 0.0871. The molecule has 0 fully saturated rings. The van der Waals surface area contributed by atoms with Crippen molar-refractivity contribution < 1.29 is 4.79 Å². The monoisotopic (exact) mass is 212 g/mol. The van der Waals surface area contributed by atoms with Crippen molar-refractivity contribution >= 4 is 5.91 Å². The van der Waals surface area contributed by atoms with E-state index in [4.69, 9.17) is 5.73 Å². The van der Waals surface area contributed by atoms with Crippen molar-refractivity contribution in [2.45, 2.75) is 19.9 Å². The van der Waals surface area contributed by atoms with E-state index in [0.29, 0.717) is 6.54 Å². The molecule has 1 rings (SSSR count). The quantitative estimate of drug-likeness (QED) is 0.536. The molecule has 0 aromatic carbocycles. The number of amides is 1. The number of hydrogen-bond acceptors (Lipinski definition) is 3. The first-order valence-corrected chi connectivity index (χ1v) is 4.83. The molecule has 1 aromatic rings. The Bertz CT molecular complexity index is 379. The SMILES string of the molecule is CC(C)C(CN)NC(=O)c1c[nH]c(=O)[nH]1. The molecule has 1 unspecified atom stereocenters. The molecule has 0 saturated carbocycles. The predicted octanol–water partition coefficient (Wildman–Crippen LogP) is -0.584. The summed E-state index contributed by atoms with van der Waals surface area (Å²) in [6.07, 6.45) is 1.34. The molecule has 0 bridgehead atoms. The summed E-state index contributed by atoms with van der Waals surface area (Å²) in [7, 11) is 0. The number of hydrogen-bond donors (Lipinski definition) is 4. The number of aromatic nitrogens is 2. The first-order valence-electron chi connectivity index (χ1n) is 4.83. The van der Waals surface area contributed by atoms with Crippen LogP contribution in [0.3, 0.4) is 0 Å². The van der Waals surface area contributed by atoms with Crippen LogP contribution < -0.4 is 16.7 Å². The third-order valence-electron chi connectivity index (χ3n) is 2.22. The Labute approximate surface area is 87.3 Å². The summed E-state index contributed by atoms with van der Waals surface area (Å²) < 4.78 is 0. The number of aromatic amines is 2. The van der Waals surface area contributed by atoms with Crippen LogP contribution in [-0.4, -0.2) is 28.5 Å². The second-order valence-corrected chi connectivity index (χ2v) is 3.72. The molecule has 1 atom stereocenters. The third-order valence-corrected chi connectivity index (χ3v) is 2.22. The van der Waals surface area contributed by atoms with Crippen LogP contribution >= 0.6 is 0 Å². The van der Waals surface area contributed by atoms with Gasteiger partial charge in [0.25, 0.3) is 5.91 Å². The fourth-order valence-corrected chi connectivity index (χ4v) is 1.20. The van der Waals surface area contributed by atoms with Crippen molar-refractivity contribution in [3.8, 4) is 0 Å². The van der Waals surface area contributed by atoms with Gasteiger partial charge in [0.05, 0.1) is 0 Å². The van der Waals surface area contributed by atoms with Crippen molar-refractivity contribution in [3.63, 3.8) is 0 Å². The zero-order valence-electron chi connectivity index (χ0n) is 8.83. The van der Waals surface area contributed by atoms with Gasteiger partial charge in [-0.05, 0) is 5.92 Å². The zero-order chi connectivity index (χ0) is 11.4. The molecule has 0 radical (unpaired) electrons. The zero-order valence-corrected chi connectivity index (χ0v) is 8.83. The number of nitrogens with two attached hydrogens (primary N) is 1. The van der Waals surface area contributed by atoms with Gasteiger partial charge in [0, 0.05) is 18.8 Å². The fourth-order valence-electron chi connectivity index (χ4n) is 1.20. The van der Waals surface area contributed by atoms with Crippen molar-refractivity contribution in [1.29, 1.82) is 0 Å². The molecule has 6 heteroatoms. The van der Waals surface area contributed by atoms with Gasteiger partial charge < -0.3 is 21.0 Å². The topological polar surface area (TPSA) is 104 Å². The molecule has 5 N–H and O–H groups in total. The van der Waals surface area contributed by atoms with Crippen molar-refractivity contribution in [2.75, 3.05) is 6.54 Å². The molecule has 6 nitrogen and oxygen atoms in total. The Morgan fingerprint density at radius 1 is 1.60 bits per heavy atom. The molecule has 84 valence electrons. The number of carbonyl (C=O) groups is 1. The molecular formula is C9H16N4O2. The van der Waals surface area contributed by atoms with Crippen LogP contribution in [-0.2, 0) is 0 Å². The molecule has 0 saturated heterocycles. The average molecular weight is 212 g/mol. The number of H-pyrrole nitrogens is 2. The van der Waals surface area contributed by atoms with E-state index in [2.05, 4.69) is 15.3 Å². The molecule has 0 spiro atoms. The average Bonchev–Trinajstić information content (AvgIpc) is 2.60. The second-order valence-electron chi connectivity index (χ2n) is 3.72. The lowest BCUT2D eigenvalue weighted by atomic mass is 10.0. The first-order chi connectivity index (χ1) is 7.04. The maximum atomic E-state index is 11.6. The highest BCUT2D eigenvalue weighted by molar-refractivity contribution is 5.92. The van der Waals surface area contributed by atoms with Gasteiger partial charge in [0.1, 0.15) is 5.69 Å². The molecule has 0 aliphatic heterocycles. The maximum Gasteiger partial charge on any atom is 0.323 e. The summed E-state index contributed by atoms with van der Waals surface area (Å²) >= 11 is 0. The lowest BCUT2D eigenvalue weighted by Crippen LogP contribution is -2.43. The minimum Gasteiger partial charge on any atom is -0.346 e. The molecular weight excluding hydrogens is 196 g/mol. The fraction of sp³-hybridized carbons (Fsp3) is 0.556. The van der Waals surface area contributed by atoms with E-state index in [9.17, 15) is 9.59 Å². The van der Waals surface area contributed by atoms with E-state index < -0.39 is 5.69 Å². The Morgan fingerprint density at radius 3 is 2.67 bits per heavy atom. The van der Waals surface area contributed by atoms with Gasteiger partial charge >= 0.3 is 5.69 Å². The summed E-state index contributed by atoms with van der Waals surface area (Å²) in [4.78, 5) is 27.1. The third kappa shape index (κ3) is 2.95. The number of nitrogens with one attached hydrogen (secondary N) is 3. The summed E-state index contributed by atoms with van der Waals surface area (Å²) in [5.74, 6) is -0.0675. The van der Waals surface area contributed by atoms with E-state index >= 15 is 0 Å². The van der Waals surface area contributed by atoms with E-state index in [-0.39, 0.29) is 23.6 Å². The van der Waals surface area contributed by atoms with Crippen molar-refractivity contribution in [2.24, 2.45) is 11.7 Å². The lowest BCUT2D eigenvalue weighted by molar-refractivity contribution is 0.0923. The van der Waals surface area contributed by atoms with Gasteiger partial charge in [-0.1, -0.05) is 13.8 Å². The van der Waals surface area contributed by atoms with Crippen LogP contribution in [0.5, 0.6) is 0 Å². The van der Waals surface area contributed by atoms with Gasteiger partial charge in [-0.25, -0.2) is 4.79 Å². The smallest absolute Gasteiger partial charge is 0.323 e. The highest BCUT2D eigenvalue weighted by Crippen LogP contribution is 2.00. The maximum absolute atomic E-state index is 11.6. The van der Waals surface area contributed by atoms with E-state index in [1.165, 1.54) is 6.20 Å². The lowest BCUT2D eigenvalue weighted by Gasteiger charge is -2.19. The van der Waals surface area contributed by atoms with Crippen LogP contribution in [0.15, 0.2) is 11.0 Å². The highest BCUT2D eigenvalue weighted by atomic mass is 16.2. The van der Waals surface area contributed by atoms with E-state index in [1.54, 1.807) is 0 Å². The minimum atomic E-state index is -0.394.